The molecule has 0 radical (unpaired) electrons. The summed E-state index contributed by atoms with van der Waals surface area (Å²) in [5.41, 5.74) is 0. The van der Waals surface area contributed by atoms with Gasteiger partial charge in [-0.15, -0.1) is 0 Å². The lowest BCUT2D eigenvalue weighted by atomic mass is 10.0. The van der Waals surface area contributed by atoms with Crippen molar-refractivity contribution in [2.75, 3.05) is 40.9 Å². The Morgan fingerprint density at radius 2 is 0.843 bits per heavy atom. The minimum absolute atomic E-state index is 0.00784. The van der Waals surface area contributed by atoms with Crippen LogP contribution in [0.15, 0.2) is 48.6 Å². The number of aliphatic hydroxyl groups is 1. The van der Waals surface area contributed by atoms with Crippen LogP contribution < -0.4 is 10.2 Å². The first kappa shape index (κ1) is 68.5. The molecular formula is C61H117N2O6P. The summed E-state index contributed by atoms with van der Waals surface area (Å²) >= 11 is 0. The van der Waals surface area contributed by atoms with E-state index >= 15 is 0 Å². The van der Waals surface area contributed by atoms with Gasteiger partial charge in [-0.05, 0) is 64.2 Å². The summed E-state index contributed by atoms with van der Waals surface area (Å²) in [5.74, 6) is -0.210. The number of carbonyl (C=O) groups excluding carboxylic acids is 1. The van der Waals surface area contributed by atoms with Crippen molar-refractivity contribution in [2.24, 2.45) is 0 Å². The molecule has 70 heavy (non-hydrogen) atoms. The molecule has 3 unspecified atom stereocenters. The number of allylic oxidation sites excluding steroid dienone is 7. The molecule has 3 atom stereocenters. The van der Waals surface area contributed by atoms with E-state index in [4.69, 9.17) is 9.05 Å². The molecule has 2 N–H and O–H groups in total. The number of nitrogens with zero attached hydrogens (tertiary/aromatic N) is 1. The zero-order valence-corrected chi connectivity index (χ0v) is 47.9. The van der Waals surface area contributed by atoms with Gasteiger partial charge in [-0.1, -0.05) is 262 Å². The Balaban J connectivity index is 4.19. The number of hydrogen-bond acceptors (Lipinski definition) is 6. The van der Waals surface area contributed by atoms with E-state index in [9.17, 15) is 19.4 Å². The van der Waals surface area contributed by atoms with Gasteiger partial charge in [-0.25, -0.2) is 0 Å². The van der Waals surface area contributed by atoms with Crippen molar-refractivity contribution in [1.29, 1.82) is 0 Å². The molecule has 0 aliphatic carbocycles. The molecule has 0 saturated heterocycles. The van der Waals surface area contributed by atoms with Crippen LogP contribution in [0.25, 0.3) is 0 Å². The van der Waals surface area contributed by atoms with Crippen LogP contribution in [0.4, 0.5) is 0 Å². The molecule has 0 spiro atoms. The fourth-order valence-corrected chi connectivity index (χ4v) is 9.51. The zero-order chi connectivity index (χ0) is 51.3. The van der Waals surface area contributed by atoms with Gasteiger partial charge in [0.2, 0.25) is 5.91 Å². The first-order valence-corrected chi connectivity index (χ1v) is 31.5. The molecule has 0 aromatic rings. The third-order valence-corrected chi connectivity index (χ3v) is 14.5. The summed E-state index contributed by atoms with van der Waals surface area (Å²) in [4.78, 5) is 25.5. The molecule has 9 heteroatoms. The second kappa shape index (κ2) is 52.3. The van der Waals surface area contributed by atoms with E-state index in [1.54, 1.807) is 6.08 Å². The Morgan fingerprint density at radius 1 is 0.500 bits per heavy atom. The number of quaternary nitrogens is 1. The number of hydrogen-bond donors (Lipinski definition) is 2. The number of likely N-dealkylation sites (N-methyl/N-ethyl adjacent to an activating group) is 1. The smallest absolute Gasteiger partial charge is 0.268 e. The molecule has 0 aliphatic rings. The highest BCUT2D eigenvalue weighted by Crippen LogP contribution is 2.38. The second-order valence-corrected chi connectivity index (χ2v) is 23.1. The topological polar surface area (TPSA) is 108 Å². The van der Waals surface area contributed by atoms with E-state index in [0.717, 1.165) is 44.9 Å². The number of amides is 1. The van der Waals surface area contributed by atoms with E-state index in [1.165, 1.54) is 218 Å². The van der Waals surface area contributed by atoms with Gasteiger partial charge in [0.25, 0.3) is 7.82 Å². The second-order valence-electron chi connectivity index (χ2n) is 21.7. The fraction of sp³-hybridized carbons (Fsp3) is 0.852. The number of aliphatic hydroxyl groups excluding tert-OH is 1. The van der Waals surface area contributed by atoms with E-state index in [-0.39, 0.29) is 12.5 Å². The lowest BCUT2D eigenvalue weighted by Crippen LogP contribution is -2.45. The van der Waals surface area contributed by atoms with Crippen LogP contribution in [-0.2, 0) is 18.4 Å². The zero-order valence-electron chi connectivity index (χ0n) is 47.0. The van der Waals surface area contributed by atoms with Crippen LogP contribution in [0, 0.1) is 0 Å². The van der Waals surface area contributed by atoms with E-state index in [1.807, 2.05) is 27.2 Å². The normalized spacial score (nSPS) is 14.2. The summed E-state index contributed by atoms with van der Waals surface area (Å²) in [7, 11) is 1.24. The summed E-state index contributed by atoms with van der Waals surface area (Å²) in [6.45, 7) is 4.63. The monoisotopic (exact) mass is 1000 g/mol. The SMILES string of the molecule is CCCCC/C=C\C/C=C\CCCCCCCCCCCC(=O)NC(COP(=O)([O-])OCC[N+](C)(C)C)C(O)/C=C/CC/C=C/CCCCCCCCCCCCCCCCCCCCCCCCC. The molecule has 412 valence electrons. The van der Waals surface area contributed by atoms with E-state index in [0.29, 0.717) is 17.4 Å². The Morgan fingerprint density at radius 3 is 1.27 bits per heavy atom. The molecule has 0 saturated carbocycles. The maximum Gasteiger partial charge on any atom is 0.268 e. The molecule has 1 amide bonds. The molecule has 8 nitrogen and oxygen atoms in total. The standard InChI is InChI=1S/C61H117N2O6P/c1-6-8-10-12-14-16-18-20-22-24-26-27-28-29-30-31-32-33-34-35-37-38-40-42-44-46-48-50-52-54-60(64)59(58-69-70(66,67)68-57-56-63(3,4)5)62-61(65)55-53-51-49-47-45-43-41-39-36-25-23-21-19-17-15-13-11-9-7-2/h15,17,21,23,44,46,52,54,59-60,64H,6-14,16,18-20,22,24-43,45,47-51,53,55-58H2,1-5H3,(H-,62,65,66,67)/b17-15-,23-21-,46-44+,54-52+. The van der Waals surface area contributed by atoms with Gasteiger partial charge in [-0.2, -0.15) is 0 Å². The van der Waals surface area contributed by atoms with Gasteiger partial charge in [0, 0.05) is 6.42 Å². The summed E-state index contributed by atoms with van der Waals surface area (Å²) in [5, 5.41) is 13.9. The molecule has 0 bridgehead atoms. The number of carbonyl (C=O) groups is 1. The van der Waals surface area contributed by atoms with Gasteiger partial charge >= 0.3 is 0 Å². The third-order valence-electron chi connectivity index (χ3n) is 13.5. The summed E-state index contributed by atoms with van der Waals surface area (Å²) in [6, 6.07) is -0.907. The largest absolute Gasteiger partial charge is 0.756 e. The minimum Gasteiger partial charge on any atom is -0.756 e. The van der Waals surface area contributed by atoms with Crippen molar-refractivity contribution < 1.29 is 32.9 Å². The van der Waals surface area contributed by atoms with Crippen LogP contribution in [0.3, 0.4) is 0 Å². The number of phosphoric acid groups is 1. The number of nitrogens with one attached hydrogen (secondary N) is 1. The van der Waals surface area contributed by atoms with Gasteiger partial charge < -0.3 is 28.8 Å². The van der Waals surface area contributed by atoms with Gasteiger partial charge in [0.05, 0.1) is 39.9 Å². The van der Waals surface area contributed by atoms with Crippen molar-refractivity contribution in [3.05, 3.63) is 48.6 Å². The number of rotatable bonds is 55. The number of unbranched alkanes of at least 4 members (excludes halogenated alkanes) is 36. The van der Waals surface area contributed by atoms with E-state index in [2.05, 4.69) is 55.6 Å². The average molecular weight is 1010 g/mol. The van der Waals surface area contributed by atoms with E-state index < -0.39 is 26.6 Å². The Labute approximate surface area is 435 Å². The molecule has 0 aromatic heterocycles. The maximum absolute atomic E-state index is 13.0. The quantitative estimate of drug-likeness (QED) is 0.0272. The van der Waals surface area contributed by atoms with Gasteiger partial charge in [0.15, 0.2) is 0 Å². The Bertz CT molecular complexity index is 1280. The average Bonchev–Trinajstić information content (AvgIpc) is 3.32. The van der Waals surface area contributed by atoms with Crippen LogP contribution in [-0.4, -0.2) is 68.5 Å². The molecule has 0 aliphatic heterocycles. The first-order chi connectivity index (χ1) is 34.0. The van der Waals surface area contributed by atoms with Crippen molar-refractivity contribution in [2.45, 2.75) is 296 Å². The maximum atomic E-state index is 13.0. The lowest BCUT2D eigenvalue weighted by Gasteiger charge is -2.29. The molecule has 0 aromatic carbocycles. The van der Waals surface area contributed by atoms with Crippen molar-refractivity contribution in [1.82, 2.24) is 5.32 Å². The first-order valence-electron chi connectivity index (χ1n) is 30.0. The van der Waals surface area contributed by atoms with Crippen LogP contribution in [0.5, 0.6) is 0 Å². The van der Waals surface area contributed by atoms with Crippen molar-refractivity contribution >= 4 is 13.7 Å². The highest BCUT2D eigenvalue weighted by Gasteiger charge is 2.23. The van der Waals surface area contributed by atoms with Crippen molar-refractivity contribution in [3.63, 3.8) is 0 Å². The minimum atomic E-state index is -4.61. The summed E-state index contributed by atoms with van der Waals surface area (Å²) in [6.07, 6.45) is 69.2. The molecule has 0 heterocycles. The van der Waals surface area contributed by atoms with Crippen LogP contribution >= 0.6 is 7.82 Å². The highest BCUT2D eigenvalue weighted by molar-refractivity contribution is 7.45. The third kappa shape index (κ3) is 54.2. The Kier molecular flexibility index (Phi) is 51.2. The molecular weight excluding hydrogens is 888 g/mol. The fourth-order valence-electron chi connectivity index (χ4n) is 8.79. The molecule has 0 fully saturated rings. The number of phosphoric ester groups is 1. The summed E-state index contributed by atoms with van der Waals surface area (Å²) < 4.78 is 23.3. The molecule has 0 rings (SSSR count). The lowest BCUT2D eigenvalue weighted by molar-refractivity contribution is -0.870. The van der Waals surface area contributed by atoms with Crippen LogP contribution in [0.2, 0.25) is 0 Å². The predicted octanol–water partition coefficient (Wildman–Crippen LogP) is 17.7. The predicted molar refractivity (Wildman–Crippen MR) is 302 cm³/mol. The highest BCUT2D eigenvalue weighted by atomic mass is 31.2. The van der Waals surface area contributed by atoms with Gasteiger partial charge in [0.1, 0.15) is 13.2 Å². The van der Waals surface area contributed by atoms with Crippen molar-refractivity contribution in [3.8, 4) is 0 Å². The Hall–Kier alpha value is -1.54. The van der Waals surface area contributed by atoms with Crippen LogP contribution in [0.1, 0.15) is 284 Å². The van der Waals surface area contributed by atoms with Gasteiger partial charge in [-0.3, -0.25) is 9.36 Å².